The zero-order valence-electron chi connectivity index (χ0n) is 15.3. The van der Waals surface area contributed by atoms with Crippen LogP contribution < -0.4 is 5.32 Å². The fourth-order valence-electron chi connectivity index (χ4n) is 2.96. The molecule has 0 aromatic rings. The zero-order chi connectivity index (χ0) is 17.6. The summed E-state index contributed by atoms with van der Waals surface area (Å²) in [4.78, 5) is 27.4. The number of hydrogen-bond acceptors (Lipinski definition) is 4. The number of nitrogens with one attached hydrogen (secondary N) is 1. The SMILES string of the molecule is CCC(C)(C)NC(=O)C(C)N1CCCC(N(C)CC(=O)O)CC1. The lowest BCUT2D eigenvalue weighted by Gasteiger charge is -2.32. The van der Waals surface area contributed by atoms with Gasteiger partial charge in [0.05, 0.1) is 12.6 Å². The van der Waals surface area contributed by atoms with Crippen molar-refractivity contribution in [1.29, 1.82) is 0 Å². The lowest BCUT2D eigenvalue weighted by Crippen LogP contribution is -2.52. The van der Waals surface area contributed by atoms with E-state index in [1.54, 1.807) is 0 Å². The first-order chi connectivity index (χ1) is 10.7. The number of likely N-dealkylation sites (N-methyl/N-ethyl adjacent to an activating group) is 1. The van der Waals surface area contributed by atoms with Crippen LogP contribution in [0, 0.1) is 0 Å². The number of carbonyl (C=O) groups is 2. The van der Waals surface area contributed by atoms with Crippen molar-refractivity contribution in [2.45, 2.75) is 71.0 Å². The van der Waals surface area contributed by atoms with Gasteiger partial charge in [-0.05, 0) is 60.0 Å². The Morgan fingerprint density at radius 3 is 2.57 bits per heavy atom. The number of hydrogen-bond donors (Lipinski definition) is 2. The Hall–Kier alpha value is -1.14. The van der Waals surface area contributed by atoms with E-state index in [4.69, 9.17) is 5.11 Å². The van der Waals surface area contributed by atoms with E-state index in [0.717, 1.165) is 38.8 Å². The van der Waals surface area contributed by atoms with Crippen molar-refractivity contribution in [3.8, 4) is 0 Å². The first-order valence-electron chi connectivity index (χ1n) is 8.64. The normalized spacial score (nSPS) is 21.7. The monoisotopic (exact) mass is 327 g/mol. The Morgan fingerprint density at radius 1 is 1.35 bits per heavy atom. The summed E-state index contributed by atoms with van der Waals surface area (Å²) in [5.41, 5.74) is -0.179. The van der Waals surface area contributed by atoms with Crippen LogP contribution in [0.1, 0.15) is 53.4 Å². The van der Waals surface area contributed by atoms with Gasteiger partial charge in [0.25, 0.3) is 0 Å². The number of carboxylic acids is 1. The van der Waals surface area contributed by atoms with Gasteiger partial charge in [-0.25, -0.2) is 0 Å². The molecule has 1 fully saturated rings. The molecule has 6 heteroatoms. The van der Waals surface area contributed by atoms with Crippen LogP contribution >= 0.6 is 0 Å². The second-order valence-corrected chi connectivity index (χ2v) is 7.33. The quantitative estimate of drug-likeness (QED) is 0.742. The van der Waals surface area contributed by atoms with Gasteiger partial charge in [-0.15, -0.1) is 0 Å². The third-order valence-electron chi connectivity index (χ3n) is 5.01. The highest BCUT2D eigenvalue weighted by Gasteiger charge is 2.29. The van der Waals surface area contributed by atoms with E-state index < -0.39 is 5.97 Å². The van der Waals surface area contributed by atoms with E-state index in [1.807, 2.05) is 32.7 Å². The molecule has 1 aliphatic heterocycles. The molecule has 1 amide bonds. The summed E-state index contributed by atoms with van der Waals surface area (Å²) in [6.07, 6.45) is 3.77. The lowest BCUT2D eigenvalue weighted by molar-refractivity contribution is -0.138. The van der Waals surface area contributed by atoms with E-state index >= 15 is 0 Å². The summed E-state index contributed by atoms with van der Waals surface area (Å²) >= 11 is 0. The van der Waals surface area contributed by atoms with Crippen molar-refractivity contribution < 1.29 is 14.7 Å². The molecule has 23 heavy (non-hydrogen) atoms. The van der Waals surface area contributed by atoms with Crippen LogP contribution in [-0.2, 0) is 9.59 Å². The predicted octanol–water partition coefficient (Wildman–Crippen LogP) is 1.55. The fraction of sp³-hybridized carbons (Fsp3) is 0.882. The first kappa shape index (κ1) is 19.9. The molecule has 0 saturated carbocycles. The third-order valence-corrected chi connectivity index (χ3v) is 5.01. The third kappa shape index (κ3) is 6.47. The molecule has 2 N–H and O–H groups in total. The molecule has 1 saturated heterocycles. The lowest BCUT2D eigenvalue weighted by atomic mass is 10.0. The Morgan fingerprint density at radius 2 is 2.00 bits per heavy atom. The van der Waals surface area contributed by atoms with Gasteiger partial charge in [0.2, 0.25) is 5.91 Å². The number of aliphatic carboxylic acids is 1. The van der Waals surface area contributed by atoms with Crippen molar-refractivity contribution in [3.05, 3.63) is 0 Å². The largest absolute Gasteiger partial charge is 0.480 e. The summed E-state index contributed by atoms with van der Waals surface area (Å²) < 4.78 is 0. The smallest absolute Gasteiger partial charge is 0.317 e. The van der Waals surface area contributed by atoms with Crippen molar-refractivity contribution in [2.24, 2.45) is 0 Å². The topological polar surface area (TPSA) is 72.9 Å². The minimum Gasteiger partial charge on any atom is -0.480 e. The van der Waals surface area contributed by atoms with E-state index in [1.165, 1.54) is 0 Å². The molecule has 0 aromatic carbocycles. The van der Waals surface area contributed by atoms with E-state index in [9.17, 15) is 9.59 Å². The fourth-order valence-corrected chi connectivity index (χ4v) is 2.96. The summed E-state index contributed by atoms with van der Waals surface area (Å²) in [5.74, 6) is -0.711. The Balaban J connectivity index is 2.56. The van der Waals surface area contributed by atoms with Crippen LogP contribution in [0.4, 0.5) is 0 Å². The van der Waals surface area contributed by atoms with Gasteiger partial charge < -0.3 is 10.4 Å². The molecule has 6 nitrogen and oxygen atoms in total. The highest BCUT2D eigenvalue weighted by molar-refractivity contribution is 5.82. The highest BCUT2D eigenvalue weighted by Crippen LogP contribution is 2.18. The molecule has 0 radical (unpaired) electrons. The van der Waals surface area contributed by atoms with E-state index in [-0.39, 0.29) is 30.1 Å². The van der Waals surface area contributed by atoms with Gasteiger partial charge in [-0.2, -0.15) is 0 Å². The van der Waals surface area contributed by atoms with Crippen LogP contribution in [0.15, 0.2) is 0 Å². The molecule has 0 aromatic heterocycles. The van der Waals surface area contributed by atoms with Crippen molar-refractivity contribution >= 4 is 11.9 Å². The van der Waals surface area contributed by atoms with Gasteiger partial charge >= 0.3 is 5.97 Å². The van der Waals surface area contributed by atoms with Crippen LogP contribution in [0.25, 0.3) is 0 Å². The average Bonchev–Trinajstić information content (AvgIpc) is 2.71. The number of carbonyl (C=O) groups excluding carboxylic acids is 1. The van der Waals surface area contributed by atoms with Crippen molar-refractivity contribution in [1.82, 2.24) is 15.1 Å². The van der Waals surface area contributed by atoms with Crippen LogP contribution in [0.2, 0.25) is 0 Å². The zero-order valence-corrected chi connectivity index (χ0v) is 15.3. The second kappa shape index (κ2) is 8.64. The average molecular weight is 327 g/mol. The number of rotatable bonds is 7. The van der Waals surface area contributed by atoms with Crippen molar-refractivity contribution in [2.75, 3.05) is 26.7 Å². The van der Waals surface area contributed by atoms with Crippen LogP contribution in [0.3, 0.4) is 0 Å². The molecule has 0 bridgehead atoms. The Kier molecular flexibility index (Phi) is 7.48. The molecule has 2 unspecified atom stereocenters. The maximum absolute atomic E-state index is 12.4. The first-order valence-corrected chi connectivity index (χ1v) is 8.64. The number of likely N-dealkylation sites (tertiary alicyclic amines) is 1. The second-order valence-electron chi connectivity index (χ2n) is 7.33. The highest BCUT2D eigenvalue weighted by atomic mass is 16.4. The van der Waals surface area contributed by atoms with Crippen LogP contribution in [-0.4, -0.2) is 71.1 Å². The van der Waals surface area contributed by atoms with Crippen LogP contribution in [0.5, 0.6) is 0 Å². The molecule has 1 rings (SSSR count). The van der Waals surface area contributed by atoms with Crippen molar-refractivity contribution in [3.63, 3.8) is 0 Å². The molecule has 1 heterocycles. The number of amides is 1. The van der Waals surface area contributed by atoms with Gasteiger partial charge in [0.15, 0.2) is 0 Å². The molecule has 1 aliphatic rings. The molecule has 0 aliphatic carbocycles. The van der Waals surface area contributed by atoms with E-state index in [2.05, 4.69) is 17.1 Å². The summed E-state index contributed by atoms with van der Waals surface area (Å²) in [7, 11) is 1.87. The van der Waals surface area contributed by atoms with Gasteiger partial charge in [0, 0.05) is 18.1 Å². The summed E-state index contributed by atoms with van der Waals surface area (Å²) in [6, 6.07) is 0.128. The molecular formula is C17H33N3O3. The molecule has 2 atom stereocenters. The molecular weight excluding hydrogens is 294 g/mol. The summed E-state index contributed by atoms with van der Waals surface area (Å²) in [6.45, 7) is 9.90. The minimum atomic E-state index is -0.789. The summed E-state index contributed by atoms with van der Waals surface area (Å²) in [5, 5.41) is 12.0. The Bertz CT molecular complexity index is 412. The Labute approximate surface area is 140 Å². The van der Waals surface area contributed by atoms with E-state index in [0.29, 0.717) is 0 Å². The number of carboxylic acid groups (broad SMARTS) is 1. The molecule has 0 spiro atoms. The van der Waals surface area contributed by atoms with Gasteiger partial charge in [0.1, 0.15) is 0 Å². The maximum Gasteiger partial charge on any atom is 0.317 e. The predicted molar refractivity (Wildman–Crippen MR) is 91.5 cm³/mol. The van der Waals surface area contributed by atoms with Gasteiger partial charge in [-0.1, -0.05) is 6.92 Å². The standard InChI is InChI=1S/C17H33N3O3/c1-6-17(3,4)18-16(23)13(2)20-10-7-8-14(9-11-20)19(5)12-15(21)22/h13-14H,6-12H2,1-5H3,(H,18,23)(H,21,22). The number of nitrogens with zero attached hydrogens (tertiary/aromatic N) is 2. The molecule has 134 valence electrons. The minimum absolute atomic E-state index is 0.0748. The van der Waals surface area contributed by atoms with Gasteiger partial charge in [-0.3, -0.25) is 19.4 Å². The maximum atomic E-state index is 12.4.